The fourth-order valence-corrected chi connectivity index (χ4v) is 5.64. The van der Waals surface area contributed by atoms with Crippen molar-refractivity contribution >= 4 is 23.0 Å². The number of unbranched alkanes of at least 4 members (excludes halogenated alkanes) is 1. The van der Waals surface area contributed by atoms with E-state index < -0.39 is 11.3 Å². The topological polar surface area (TPSA) is 115 Å². The van der Waals surface area contributed by atoms with Gasteiger partial charge in [-0.2, -0.15) is 0 Å². The Hall–Kier alpha value is -3.64. The normalized spacial score (nSPS) is 16.0. The molecule has 1 fully saturated rings. The van der Waals surface area contributed by atoms with Crippen LogP contribution in [0.25, 0.3) is 0 Å². The largest absolute Gasteiger partial charge is 0.760 e. The third-order valence-corrected chi connectivity index (χ3v) is 8.07. The number of nitrogens with zero attached hydrogens (tertiary/aromatic N) is 2. The Morgan fingerprint density at radius 3 is 2.28 bits per heavy atom. The molecule has 0 bridgehead atoms. The number of nitrogens with one attached hydrogen (secondary N) is 2. The zero-order valence-corrected chi connectivity index (χ0v) is 25.3. The molecule has 2 aliphatic heterocycles. The first-order valence-electron chi connectivity index (χ1n) is 14.8. The van der Waals surface area contributed by atoms with Gasteiger partial charge in [0.15, 0.2) is 11.5 Å². The Labute approximate surface area is 255 Å². The fraction of sp³-hybridized carbons (Fsp3) is 0.406. The number of hydrogen-bond acceptors (Lipinski definition) is 7. The lowest BCUT2D eigenvalue weighted by Crippen LogP contribution is -2.49. The van der Waals surface area contributed by atoms with Crippen LogP contribution in [-0.2, 0) is 24.4 Å². The van der Waals surface area contributed by atoms with E-state index in [-0.39, 0.29) is 18.6 Å². The molecule has 0 aliphatic carbocycles. The van der Waals surface area contributed by atoms with Gasteiger partial charge in [0.05, 0.1) is 0 Å². The van der Waals surface area contributed by atoms with Crippen LogP contribution in [0.15, 0.2) is 66.7 Å². The third-order valence-electron chi connectivity index (χ3n) is 7.69. The number of carbonyl (C=O) groups excluding carboxylic acids is 1. The van der Waals surface area contributed by atoms with Crippen molar-refractivity contribution in [3.8, 4) is 23.0 Å². The molecule has 0 radical (unpaired) electrons. The van der Waals surface area contributed by atoms with Gasteiger partial charge in [0.2, 0.25) is 0 Å². The van der Waals surface area contributed by atoms with E-state index in [1.807, 2.05) is 59.5 Å². The van der Waals surface area contributed by atoms with Crippen LogP contribution in [0.3, 0.4) is 0 Å². The minimum atomic E-state index is -2.28. The molecule has 0 spiro atoms. The number of rotatable bonds is 12. The predicted molar refractivity (Wildman–Crippen MR) is 165 cm³/mol. The monoisotopic (exact) mass is 607 g/mol. The predicted octanol–water partition coefficient (Wildman–Crippen LogP) is 5.43. The number of ether oxygens (including phenoxy) is 3. The molecule has 1 atom stereocenters. The van der Waals surface area contributed by atoms with E-state index in [4.69, 9.17) is 14.2 Å². The van der Waals surface area contributed by atoms with Gasteiger partial charge in [-0.05, 0) is 66.8 Å². The lowest BCUT2D eigenvalue weighted by atomic mass is 10.0. The summed E-state index contributed by atoms with van der Waals surface area (Å²) in [6.07, 6.45) is 3.85. The maximum absolute atomic E-state index is 13.4. The van der Waals surface area contributed by atoms with Crippen molar-refractivity contribution in [3.63, 3.8) is 0 Å². The average Bonchev–Trinajstić information content (AvgIpc) is 3.02. The Kier molecular flexibility index (Phi) is 10.9. The number of amides is 2. The van der Waals surface area contributed by atoms with Crippen LogP contribution >= 0.6 is 0 Å². The second-order valence-electron chi connectivity index (χ2n) is 10.8. The molecule has 2 amide bonds. The molecule has 2 N–H and O–H groups in total. The van der Waals surface area contributed by atoms with Crippen molar-refractivity contribution in [2.45, 2.75) is 51.7 Å². The fourth-order valence-electron chi connectivity index (χ4n) is 5.36. The van der Waals surface area contributed by atoms with Gasteiger partial charge in [0.1, 0.15) is 24.7 Å². The molecule has 3 aromatic carbocycles. The van der Waals surface area contributed by atoms with Crippen molar-refractivity contribution in [2.75, 3.05) is 38.2 Å². The number of hydrogen-bond donors (Lipinski definition) is 2. The van der Waals surface area contributed by atoms with Gasteiger partial charge in [0.25, 0.3) is 0 Å². The van der Waals surface area contributed by atoms with E-state index >= 15 is 0 Å². The summed E-state index contributed by atoms with van der Waals surface area (Å²) in [6.45, 7) is 6.85. The Morgan fingerprint density at radius 2 is 1.63 bits per heavy atom. The van der Waals surface area contributed by atoms with Crippen LogP contribution in [0.5, 0.6) is 23.0 Å². The quantitative estimate of drug-likeness (QED) is 0.264. The summed E-state index contributed by atoms with van der Waals surface area (Å²) in [6, 6.07) is 21.1. The molecule has 2 heterocycles. The molecule has 0 saturated carbocycles. The highest BCUT2D eigenvalue weighted by atomic mass is 32.2. The van der Waals surface area contributed by atoms with E-state index in [0.717, 1.165) is 63.2 Å². The van der Waals surface area contributed by atoms with Crippen LogP contribution in [0.2, 0.25) is 0 Å². The number of urea groups is 1. The smallest absolute Gasteiger partial charge is 0.322 e. The lowest BCUT2D eigenvalue weighted by Gasteiger charge is -2.38. The number of likely N-dealkylation sites (tertiary alicyclic amines) is 1. The number of piperidine rings is 1. The highest BCUT2D eigenvalue weighted by molar-refractivity contribution is 7.77. The summed E-state index contributed by atoms with van der Waals surface area (Å²) in [5.74, 6) is 2.80. The summed E-state index contributed by atoms with van der Waals surface area (Å²) in [5.41, 5.74) is 2.77. The SMILES string of the molecule is CCCCN(C(=O)Nc1ccc2c(c1)OCCO2)C1CCN(Cc2ccc(Oc3ccc(CNS(=O)[O-])cc3)cc2)CC1. The van der Waals surface area contributed by atoms with Gasteiger partial charge < -0.3 is 29.0 Å². The van der Waals surface area contributed by atoms with E-state index in [0.29, 0.717) is 36.1 Å². The highest BCUT2D eigenvalue weighted by Crippen LogP contribution is 2.33. The standard InChI is InChI=1S/C32H40N4O6S/c1-2-3-16-36(32(37)34-26-8-13-30-31(21-26)41-20-19-40-30)27-14-17-35(18-15-27)23-25-6-11-29(12-7-25)42-28-9-4-24(5-10-28)22-33-43(38)39/h4-13,21,27,33H,2-3,14-20,22-23H2,1H3,(H,34,37)(H,38,39)/p-1. The summed E-state index contributed by atoms with van der Waals surface area (Å²) in [4.78, 5) is 17.8. The summed E-state index contributed by atoms with van der Waals surface area (Å²) in [7, 11) is 0. The molecule has 5 rings (SSSR count). The first kappa shape index (κ1) is 30.8. The van der Waals surface area contributed by atoms with Gasteiger partial charge in [0, 0.05) is 61.8 Å². The van der Waals surface area contributed by atoms with Crippen molar-refractivity contribution in [1.82, 2.24) is 14.5 Å². The zero-order chi connectivity index (χ0) is 30.0. The van der Waals surface area contributed by atoms with E-state index in [2.05, 4.69) is 34.0 Å². The van der Waals surface area contributed by atoms with E-state index in [1.165, 1.54) is 5.56 Å². The van der Waals surface area contributed by atoms with Crippen LogP contribution in [0, 0.1) is 0 Å². The number of anilines is 1. The lowest BCUT2D eigenvalue weighted by molar-refractivity contribution is 0.122. The third kappa shape index (κ3) is 8.93. The van der Waals surface area contributed by atoms with Crippen molar-refractivity contribution in [2.24, 2.45) is 0 Å². The molecule has 10 nitrogen and oxygen atoms in total. The van der Waals surface area contributed by atoms with Crippen LogP contribution < -0.4 is 24.2 Å². The minimum absolute atomic E-state index is 0.0654. The van der Waals surface area contributed by atoms with Crippen molar-refractivity contribution < 1.29 is 27.8 Å². The molecule has 1 unspecified atom stereocenters. The zero-order valence-electron chi connectivity index (χ0n) is 24.5. The Bertz CT molecular complexity index is 1360. The Morgan fingerprint density at radius 1 is 0.977 bits per heavy atom. The molecular formula is C32H39N4O6S-. The maximum atomic E-state index is 13.4. The highest BCUT2D eigenvalue weighted by Gasteiger charge is 2.28. The number of fused-ring (bicyclic) bond motifs is 1. The minimum Gasteiger partial charge on any atom is -0.760 e. The first-order valence-corrected chi connectivity index (χ1v) is 15.9. The van der Waals surface area contributed by atoms with E-state index in [9.17, 15) is 13.6 Å². The average molecular weight is 608 g/mol. The maximum Gasteiger partial charge on any atom is 0.322 e. The van der Waals surface area contributed by atoms with Gasteiger partial charge in [-0.15, -0.1) is 0 Å². The van der Waals surface area contributed by atoms with Gasteiger partial charge in [-0.1, -0.05) is 37.6 Å². The van der Waals surface area contributed by atoms with Crippen molar-refractivity contribution in [3.05, 3.63) is 77.9 Å². The molecule has 3 aromatic rings. The van der Waals surface area contributed by atoms with Gasteiger partial charge in [-0.3, -0.25) is 9.11 Å². The van der Waals surface area contributed by atoms with Gasteiger partial charge in [-0.25, -0.2) is 9.52 Å². The van der Waals surface area contributed by atoms with Crippen LogP contribution in [-0.4, -0.2) is 63.5 Å². The summed E-state index contributed by atoms with van der Waals surface area (Å²) in [5, 5.41) is 3.08. The number of carbonyl (C=O) groups is 1. The molecule has 1 saturated heterocycles. The molecule has 0 aromatic heterocycles. The number of benzene rings is 3. The van der Waals surface area contributed by atoms with Crippen LogP contribution in [0.4, 0.5) is 10.5 Å². The summed E-state index contributed by atoms with van der Waals surface area (Å²) >= 11 is -2.28. The molecule has 43 heavy (non-hydrogen) atoms. The Balaban J connectivity index is 1.10. The van der Waals surface area contributed by atoms with Gasteiger partial charge >= 0.3 is 6.03 Å². The second-order valence-corrected chi connectivity index (χ2v) is 11.5. The summed E-state index contributed by atoms with van der Waals surface area (Å²) < 4.78 is 40.9. The molecular weight excluding hydrogens is 568 g/mol. The van der Waals surface area contributed by atoms with Crippen LogP contribution in [0.1, 0.15) is 43.7 Å². The first-order chi connectivity index (χ1) is 21.0. The van der Waals surface area contributed by atoms with Crippen molar-refractivity contribution in [1.29, 1.82) is 0 Å². The molecule has 2 aliphatic rings. The molecule has 11 heteroatoms. The second kappa shape index (κ2) is 15.2. The molecule has 230 valence electrons. The van der Waals surface area contributed by atoms with E-state index in [1.54, 1.807) is 0 Å².